The summed E-state index contributed by atoms with van der Waals surface area (Å²) in [7, 11) is 0. The Kier molecular flexibility index (Phi) is 6.71. The Bertz CT molecular complexity index is 1420. The first-order chi connectivity index (χ1) is 17.4. The van der Waals surface area contributed by atoms with Gasteiger partial charge in [0.2, 0.25) is 6.79 Å². The van der Waals surface area contributed by atoms with Crippen molar-refractivity contribution in [3.63, 3.8) is 0 Å². The van der Waals surface area contributed by atoms with Crippen molar-refractivity contribution in [3.8, 4) is 34.6 Å². The molecular weight excluding hydrogens is 503 g/mol. The SMILES string of the molecule is CC(C)COc1nc(-c2ccc(Cl)c(Cl)c2)n(-c2ccc(NC(=O)c3ccc4c(c3)OCO4)cc2)n1. The highest BCUT2D eigenvalue weighted by molar-refractivity contribution is 6.42. The molecule has 0 spiro atoms. The Morgan fingerprint density at radius 3 is 2.56 bits per heavy atom. The van der Waals surface area contributed by atoms with Crippen molar-refractivity contribution in [1.82, 2.24) is 14.8 Å². The molecule has 0 bridgehead atoms. The van der Waals surface area contributed by atoms with Crippen LogP contribution in [0.3, 0.4) is 0 Å². The Morgan fingerprint density at radius 2 is 1.81 bits per heavy atom. The highest BCUT2D eigenvalue weighted by Crippen LogP contribution is 2.33. The second kappa shape index (κ2) is 10.1. The first-order valence-corrected chi connectivity index (χ1v) is 12.0. The predicted octanol–water partition coefficient (Wildman–Crippen LogP) is 6.26. The summed E-state index contributed by atoms with van der Waals surface area (Å²) < 4.78 is 18.1. The maximum Gasteiger partial charge on any atom is 0.336 e. The summed E-state index contributed by atoms with van der Waals surface area (Å²) in [6.07, 6.45) is 0. The first kappa shape index (κ1) is 24.0. The van der Waals surface area contributed by atoms with Crippen molar-refractivity contribution < 1.29 is 19.0 Å². The van der Waals surface area contributed by atoms with Crippen molar-refractivity contribution in [2.45, 2.75) is 13.8 Å². The molecule has 1 amide bonds. The molecule has 0 radical (unpaired) electrons. The van der Waals surface area contributed by atoms with Gasteiger partial charge in [0.15, 0.2) is 17.3 Å². The second-order valence-electron chi connectivity index (χ2n) is 8.53. The highest BCUT2D eigenvalue weighted by Gasteiger charge is 2.18. The number of hydrogen-bond acceptors (Lipinski definition) is 6. The Labute approximate surface area is 217 Å². The van der Waals surface area contributed by atoms with E-state index in [-0.39, 0.29) is 18.7 Å². The van der Waals surface area contributed by atoms with Crippen molar-refractivity contribution in [2.75, 3.05) is 18.7 Å². The monoisotopic (exact) mass is 524 g/mol. The van der Waals surface area contributed by atoms with Gasteiger partial charge < -0.3 is 19.5 Å². The number of halogens is 2. The molecule has 1 N–H and O–H groups in total. The zero-order chi connectivity index (χ0) is 25.2. The third-order valence-electron chi connectivity index (χ3n) is 5.32. The topological polar surface area (TPSA) is 87.5 Å². The molecule has 184 valence electrons. The summed E-state index contributed by atoms with van der Waals surface area (Å²) in [5.74, 6) is 1.78. The first-order valence-electron chi connectivity index (χ1n) is 11.2. The summed E-state index contributed by atoms with van der Waals surface area (Å²) in [4.78, 5) is 17.3. The van der Waals surface area contributed by atoms with Crippen molar-refractivity contribution in [1.29, 1.82) is 0 Å². The average molecular weight is 525 g/mol. The average Bonchev–Trinajstić information content (AvgIpc) is 3.51. The molecule has 0 saturated heterocycles. The van der Waals surface area contributed by atoms with Gasteiger partial charge in [-0.2, -0.15) is 4.98 Å². The maximum absolute atomic E-state index is 12.7. The van der Waals surface area contributed by atoms with E-state index in [4.69, 9.17) is 37.4 Å². The lowest BCUT2D eigenvalue weighted by molar-refractivity contribution is 0.102. The molecule has 1 aromatic heterocycles. The van der Waals surface area contributed by atoms with Gasteiger partial charge in [0.05, 0.1) is 22.3 Å². The molecule has 10 heteroatoms. The maximum atomic E-state index is 12.7. The molecule has 1 aliphatic rings. The highest BCUT2D eigenvalue weighted by atomic mass is 35.5. The van der Waals surface area contributed by atoms with Crippen LogP contribution in [0.25, 0.3) is 17.1 Å². The van der Waals surface area contributed by atoms with Crippen LogP contribution < -0.4 is 19.5 Å². The second-order valence-corrected chi connectivity index (χ2v) is 9.35. The lowest BCUT2D eigenvalue weighted by atomic mass is 10.2. The standard InChI is InChI=1S/C26H22Cl2N4O4/c1-15(2)13-34-26-30-24(16-3-9-20(27)21(28)11-16)32(31-26)19-7-5-18(6-8-19)29-25(33)17-4-10-22-23(12-17)36-14-35-22/h3-12,15H,13-14H2,1-2H3,(H,29,33). The van der Waals surface area contributed by atoms with Crippen LogP contribution in [0.2, 0.25) is 10.0 Å². The van der Waals surface area contributed by atoms with Gasteiger partial charge in [-0.15, -0.1) is 5.10 Å². The van der Waals surface area contributed by atoms with Crippen LogP contribution in [0.5, 0.6) is 17.5 Å². The van der Waals surface area contributed by atoms with Gasteiger partial charge in [-0.3, -0.25) is 4.79 Å². The number of ether oxygens (including phenoxy) is 3. The Hall–Kier alpha value is -3.75. The fourth-order valence-corrected chi connectivity index (χ4v) is 3.82. The largest absolute Gasteiger partial charge is 0.462 e. The van der Waals surface area contributed by atoms with Crippen LogP contribution >= 0.6 is 23.2 Å². The minimum atomic E-state index is -0.261. The number of carbonyl (C=O) groups excluding carboxylic acids is 1. The lowest BCUT2D eigenvalue weighted by Gasteiger charge is -2.09. The number of carbonyl (C=O) groups is 1. The van der Waals surface area contributed by atoms with Crippen molar-refractivity contribution in [3.05, 3.63) is 76.3 Å². The minimum Gasteiger partial charge on any atom is -0.462 e. The molecule has 4 aromatic rings. The molecule has 0 unspecified atom stereocenters. The fraction of sp³-hybridized carbons (Fsp3) is 0.192. The van der Waals surface area contributed by atoms with E-state index in [9.17, 15) is 4.79 Å². The number of aromatic nitrogens is 3. The lowest BCUT2D eigenvalue weighted by Crippen LogP contribution is -2.12. The number of rotatable bonds is 7. The Balaban J connectivity index is 1.40. The van der Waals surface area contributed by atoms with E-state index in [1.807, 2.05) is 32.0 Å². The number of amides is 1. The molecule has 1 aliphatic heterocycles. The molecule has 2 heterocycles. The van der Waals surface area contributed by atoms with Crippen molar-refractivity contribution in [2.24, 2.45) is 5.92 Å². The van der Waals surface area contributed by atoms with E-state index in [1.54, 1.807) is 47.1 Å². The normalized spacial score (nSPS) is 12.1. The van der Waals surface area contributed by atoms with Gasteiger partial charge in [-0.1, -0.05) is 37.0 Å². The van der Waals surface area contributed by atoms with E-state index in [1.165, 1.54) is 0 Å². The minimum absolute atomic E-state index is 0.151. The fourth-order valence-electron chi connectivity index (χ4n) is 3.52. The predicted molar refractivity (Wildman–Crippen MR) is 138 cm³/mol. The van der Waals surface area contributed by atoms with Gasteiger partial charge in [-0.05, 0) is 66.6 Å². The number of benzene rings is 3. The molecule has 0 fully saturated rings. The molecule has 8 nitrogen and oxygen atoms in total. The van der Waals surface area contributed by atoms with Crippen molar-refractivity contribution >= 4 is 34.8 Å². The number of nitrogens with one attached hydrogen (secondary N) is 1. The van der Waals surface area contributed by atoms with Gasteiger partial charge >= 0.3 is 6.01 Å². The number of nitrogens with zero attached hydrogens (tertiary/aromatic N) is 3. The molecule has 5 rings (SSSR count). The van der Waals surface area contributed by atoms with E-state index < -0.39 is 0 Å². The summed E-state index contributed by atoms with van der Waals surface area (Å²) in [5.41, 5.74) is 2.54. The van der Waals surface area contributed by atoms with E-state index in [0.717, 1.165) is 11.3 Å². The van der Waals surface area contributed by atoms with E-state index >= 15 is 0 Å². The van der Waals surface area contributed by atoms with Crippen LogP contribution in [-0.4, -0.2) is 34.1 Å². The zero-order valence-electron chi connectivity index (χ0n) is 19.5. The van der Waals surface area contributed by atoms with Crippen LogP contribution in [0.4, 0.5) is 5.69 Å². The number of fused-ring (bicyclic) bond motifs is 1. The van der Waals surface area contributed by atoms with Crippen LogP contribution in [0.15, 0.2) is 60.7 Å². The quantitative estimate of drug-likeness (QED) is 0.307. The zero-order valence-corrected chi connectivity index (χ0v) is 21.0. The van der Waals surface area contributed by atoms with E-state index in [2.05, 4.69) is 15.4 Å². The summed E-state index contributed by atoms with van der Waals surface area (Å²) in [5, 5.41) is 8.30. The van der Waals surface area contributed by atoms with Crippen LogP contribution in [0.1, 0.15) is 24.2 Å². The molecule has 0 saturated carbocycles. The molecule has 3 aromatic carbocycles. The van der Waals surface area contributed by atoms with Gasteiger partial charge in [0, 0.05) is 16.8 Å². The van der Waals surface area contributed by atoms with Crippen LogP contribution in [0, 0.1) is 5.92 Å². The summed E-state index contributed by atoms with van der Waals surface area (Å²) >= 11 is 12.3. The van der Waals surface area contributed by atoms with Gasteiger partial charge in [-0.25, -0.2) is 4.68 Å². The van der Waals surface area contributed by atoms with Gasteiger partial charge in [0.25, 0.3) is 5.91 Å². The molecule has 0 aliphatic carbocycles. The van der Waals surface area contributed by atoms with Gasteiger partial charge in [0.1, 0.15) is 0 Å². The third-order valence-corrected chi connectivity index (χ3v) is 6.05. The molecule has 36 heavy (non-hydrogen) atoms. The Morgan fingerprint density at radius 1 is 1.03 bits per heavy atom. The summed E-state index contributed by atoms with van der Waals surface area (Å²) in [6.45, 7) is 4.73. The molecule has 0 atom stereocenters. The summed E-state index contributed by atoms with van der Waals surface area (Å²) in [6, 6.07) is 17.8. The third kappa shape index (κ3) is 5.10. The molecular formula is C26H22Cl2N4O4. The number of hydrogen-bond donors (Lipinski definition) is 1. The smallest absolute Gasteiger partial charge is 0.336 e. The van der Waals surface area contributed by atoms with Crippen LogP contribution in [-0.2, 0) is 0 Å². The van der Waals surface area contributed by atoms with E-state index in [0.29, 0.717) is 51.1 Å². The number of anilines is 1.